The van der Waals surface area contributed by atoms with Gasteiger partial charge in [0.15, 0.2) is 5.78 Å². The number of nitriles is 1. The molecule has 0 spiro atoms. The van der Waals surface area contributed by atoms with Gasteiger partial charge >= 0.3 is 0 Å². The van der Waals surface area contributed by atoms with E-state index in [1.165, 1.54) is 0 Å². The van der Waals surface area contributed by atoms with E-state index in [1.807, 2.05) is 16.9 Å². The molecule has 1 aliphatic rings. The fourth-order valence-corrected chi connectivity index (χ4v) is 2.34. The topological polar surface area (TPSA) is 58.7 Å². The maximum absolute atomic E-state index is 11.8. The van der Waals surface area contributed by atoms with Gasteiger partial charge in [-0.25, -0.2) is 0 Å². The minimum absolute atomic E-state index is 0.0825. The van der Waals surface area contributed by atoms with E-state index in [1.54, 1.807) is 0 Å². The van der Waals surface area contributed by atoms with Gasteiger partial charge in [0.1, 0.15) is 5.41 Å². The highest BCUT2D eigenvalue weighted by Crippen LogP contribution is 2.37. The first-order valence-corrected chi connectivity index (χ1v) is 6.06. The van der Waals surface area contributed by atoms with Crippen LogP contribution in [0.4, 0.5) is 0 Å². The van der Waals surface area contributed by atoms with Crippen molar-refractivity contribution >= 4 is 5.78 Å². The second kappa shape index (κ2) is 4.33. The van der Waals surface area contributed by atoms with Crippen LogP contribution in [0.3, 0.4) is 0 Å². The zero-order valence-corrected chi connectivity index (χ0v) is 10.3. The molecule has 1 saturated carbocycles. The summed E-state index contributed by atoms with van der Waals surface area (Å²) in [5.74, 6) is 0.0825. The van der Waals surface area contributed by atoms with Crippen molar-refractivity contribution in [3.05, 3.63) is 18.0 Å². The number of carbonyl (C=O) groups excluding carboxylic acids is 1. The van der Waals surface area contributed by atoms with Crippen LogP contribution in [-0.4, -0.2) is 15.6 Å². The Labute approximate surface area is 101 Å². The van der Waals surface area contributed by atoms with Crippen molar-refractivity contribution in [2.75, 3.05) is 0 Å². The highest BCUT2D eigenvalue weighted by molar-refractivity contribution is 5.89. The first kappa shape index (κ1) is 11.8. The Morgan fingerprint density at radius 3 is 2.88 bits per heavy atom. The van der Waals surface area contributed by atoms with Crippen molar-refractivity contribution in [3.63, 3.8) is 0 Å². The summed E-state index contributed by atoms with van der Waals surface area (Å²) in [7, 11) is 0. The number of nitrogens with zero attached hydrogens (tertiary/aromatic N) is 3. The van der Waals surface area contributed by atoms with E-state index in [2.05, 4.69) is 25.0 Å². The van der Waals surface area contributed by atoms with E-state index in [-0.39, 0.29) is 5.78 Å². The van der Waals surface area contributed by atoms with Gasteiger partial charge < -0.3 is 0 Å². The van der Waals surface area contributed by atoms with Crippen molar-refractivity contribution in [2.45, 2.75) is 45.6 Å². The summed E-state index contributed by atoms with van der Waals surface area (Å²) < 4.78 is 1.86. The third kappa shape index (κ3) is 2.10. The Hall–Kier alpha value is -1.63. The lowest BCUT2D eigenvalue weighted by molar-refractivity contribution is -0.123. The van der Waals surface area contributed by atoms with Gasteiger partial charge in [-0.2, -0.15) is 10.4 Å². The number of Topliss-reactive ketones (excluding diaryl/α,β-unsaturated/α-hetero) is 1. The molecule has 1 atom stereocenters. The normalized spacial score (nSPS) is 24.2. The monoisotopic (exact) mass is 231 g/mol. The van der Waals surface area contributed by atoms with Crippen LogP contribution in [0.15, 0.2) is 12.3 Å². The first-order chi connectivity index (χ1) is 8.07. The lowest BCUT2D eigenvalue weighted by atomic mass is 9.82. The molecule has 90 valence electrons. The summed E-state index contributed by atoms with van der Waals surface area (Å²) in [6, 6.07) is 4.43. The second-order valence-electron chi connectivity index (χ2n) is 5.03. The van der Waals surface area contributed by atoms with Crippen molar-refractivity contribution in [2.24, 2.45) is 5.41 Å². The third-order valence-electron chi connectivity index (χ3n) is 3.43. The van der Waals surface area contributed by atoms with Gasteiger partial charge in [0, 0.05) is 25.1 Å². The van der Waals surface area contributed by atoms with Crippen LogP contribution in [0, 0.1) is 16.7 Å². The van der Waals surface area contributed by atoms with E-state index in [9.17, 15) is 10.1 Å². The molecular weight excluding hydrogens is 214 g/mol. The van der Waals surface area contributed by atoms with Crippen LogP contribution in [0.1, 0.15) is 44.8 Å². The molecule has 1 aromatic heterocycles. The van der Waals surface area contributed by atoms with E-state index in [0.717, 1.165) is 12.1 Å². The van der Waals surface area contributed by atoms with Gasteiger partial charge in [-0.15, -0.1) is 0 Å². The largest absolute Gasteiger partial charge is 0.298 e. The summed E-state index contributed by atoms with van der Waals surface area (Å²) in [4.78, 5) is 11.8. The van der Waals surface area contributed by atoms with E-state index in [0.29, 0.717) is 25.3 Å². The van der Waals surface area contributed by atoms with Crippen molar-refractivity contribution in [3.8, 4) is 6.07 Å². The molecule has 1 aliphatic carbocycles. The predicted octanol–water partition coefficient (Wildman–Crippen LogP) is 2.27. The molecule has 0 amide bonds. The van der Waals surface area contributed by atoms with Crippen LogP contribution in [0.5, 0.6) is 0 Å². The smallest absolute Gasteiger partial charge is 0.153 e. The Bertz CT molecular complexity index is 469. The molecule has 4 nitrogen and oxygen atoms in total. The maximum atomic E-state index is 11.8. The maximum Gasteiger partial charge on any atom is 0.153 e. The van der Waals surface area contributed by atoms with Crippen LogP contribution < -0.4 is 0 Å². The first-order valence-electron chi connectivity index (χ1n) is 6.06. The van der Waals surface area contributed by atoms with Crippen molar-refractivity contribution < 1.29 is 4.79 Å². The molecule has 4 heteroatoms. The van der Waals surface area contributed by atoms with Gasteiger partial charge in [0.05, 0.1) is 11.8 Å². The van der Waals surface area contributed by atoms with Crippen LogP contribution >= 0.6 is 0 Å². The Morgan fingerprint density at radius 1 is 1.65 bits per heavy atom. The molecular formula is C13H17N3O. The zero-order chi connectivity index (χ0) is 12.5. The fraction of sp³-hybridized carbons (Fsp3) is 0.615. The van der Waals surface area contributed by atoms with Gasteiger partial charge in [-0.3, -0.25) is 9.48 Å². The standard InChI is InChI=1S/C13H17N3O/c1-10(2)16-7-5-11(15-16)8-13(9-14)6-3-4-12(13)17/h5,7,10H,3-4,6,8H2,1-2H3. The molecule has 0 bridgehead atoms. The average Bonchev–Trinajstić information content (AvgIpc) is 2.88. The molecule has 2 rings (SSSR count). The molecule has 1 heterocycles. The van der Waals surface area contributed by atoms with Crippen molar-refractivity contribution in [1.82, 2.24) is 9.78 Å². The summed E-state index contributed by atoms with van der Waals surface area (Å²) in [6.45, 7) is 4.11. The molecule has 0 N–H and O–H groups in total. The molecule has 0 aromatic carbocycles. The van der Waals surface area contributed by atoms with E-state index < -0.39 is 5.41 Å². The lowest BCUT2D eigenvalue weighted by Crippen LogP contribution is -2.26. The third-order valence-corrected chi connectivity index (χ3v) is 3.43. The minimum Gasteiger partial charge on any atom is -0.298 e. The predicted molar refractivity (Wildman–Crippen MR) is 63.2 cm³/mol. The summed E-state index contributed by atoms with van der Waals surface area (Å²) >= 11 is 0. The van der Waals surface area contributed by atoms with Crippen LogP contribution in [0.2, 0.25) is 0 Å². The minimum atomic E-state index is -0.809. The quantitative estimate of drug-likeness (QED) is 0.801. The van der Waals surface area contributed by atoms with Gasteiger partial charge in [0.2, 0.25) is 0 Å². The van der Waals surface area contributed by atoms with Crippen LogP contribution in [0.25, 0.3) is 0 Å². The highest BCUT2D eigenvalue weighted by atomic mass is 16.1. The Morgan fingerprint density at radius 2 is 2.41 bits per heavy atom. The fourth-order valence-electron chi connectivity index (χ4n) is 2.34. The molecule has 1 aromatic rings. The number of rotatable bonds is 3. The number of aromatic nitrogens is 2. The second-order valence-corrected chi connectivity index (χ2v) is 5.03. The summed E-state index contributed by atoms with van der Waals surface area (Å²) in [5, 5.41) is 13.7. The van der Waals surface area contributed by atoms with Crippen LogP contribution in [-0.2, 0) is 11.2 Å². The summed E-state index contributed by atoms with van der Waals surface area (Å²) in [5.41, 5.74) is 0.0337. The Kier molecular flexibility index (Phi) is 3.01. The number of carbonyl (C=O) groups is 1. The van der Waals surface area contributed by atoms with Gasteiger partial charge in [-0.1, -0.05) is 0 Å². The van der Waals surface area contributed by atoms with Crippen molar-refractivity contribution in [1.29, 1.82) is 5.26 Å². The zero-order valence-electron chi connectivity index (χ0n) is 10.3. The molecule has 17 heavy (non-hydrogen) atoms. The van der Waals surface area contributed by atoms with E-state index in [4.69, 9.17) is 0 Å². The molecule has 1 unspecified atom stereocenters. The number of hydrogen-bond donors (Lipinski definition) is 0. The molecule has 1 fully saturated rings. The van der Waals surface area contributed by atoms with Gasteiger partial charge in [0.25, 0.3) is 0 Å². The lowest BCUT2D eigenvalue weighted by Gasteiger charge is -2.16. The number of ketones is 1. The molecule has 0 saturated heterocycles. The Balaban J connectivity index is 2.19. The average molecular weight is 231 g/mol. The SMILES string of the molecule is CC(C)n1ccc(CC2(C#N)CCCC2=O)n1. The van der Waals surface area contributed by atoms with Gasteiger partial charge in [-0.05, 0) is 32.8 Å². The van der Waals surface area contributed by atoms with E-state index >= 15 is 0 Å². The molecule has 0 aliphatic heterocycles. The summed E-state index contributed by atoms with van der Waals surface area (Å²) in [6.07, 6.45) is 4.42. The highest BCUT2D eigenvalue weighted by Gasteiger charge is 2.42. The molecule has 0 radical (unpaired) electrons. The number of hydrogen-bond acceptors (Lipinski definition) is 3.